The van der Waals surface area contributed by atoms with Crippen molar-refractivity contribution >= 4 is 5.97 Å². The third-order valence-corrected chi connectivity index (χ3v) is 2.24. The van der Waals surface area contributed by atoms with Crippen LogP contribution in [0.15, 0.2) is 54.6 Å². The van der Waals surface area contributed by atoms with Crippen molar-refractivity contribution in [2.24, 2.45) is 0 Å². The normalized spacial score (nSPS) is 9.25. The summed E-state index contributed by atoms with van der Waals surface area (Å²) in [6.07, 6.45) is 0. The minimum Gasteiger partial charge on any atom is -0.478 e. The predicted octanol–water partition coefficient (Wildman–Crippen LogP) is 3.05. The van der Waals surface area contributed by atoms with E-state index in [0.29, 0.717) is 5.56 Å². The Kier molecular flexibility index (Phi) is 4.31. The Bertz CT molecular complexity index is 463. The third kappa shape index (κ3) is 2.73. The Morgan fingerprint density at radius 1 is 0.812 bits per heavy atom. The molecule has 0 spiro atoms. The average molecular weight is 250 g/mol. The van der Waals surface area contributed by atoms with Gasteiger partial charge in [0, 0.05) is 17.4 Å². The fourth-order valence-electron chi connectivity index (χ4n) is 1.44. The van der Waals surface area contributed by atoms with E-state index >= 15 is 0 Å². The maximum Gasteiger partial charge on any atom is 0.335 e. The van der Waals surface area contributed by atoms with Crippen LogP contribution in [0.3, 0.4) is 0 Å². The molecule has 0 bridgehead atoms. The molecule has 0 atom stereocenters. The van der Waals surface area contributed by atoms with Gasteiger partial charge in [-0.25, -0.2) is 4.79 Å². The predicted molar refractivity (Wildman–Crippen MR) is 58.8 cm³/mol. The Hall–Kier alpha value is -1.56. The van der Waals surface area contributed by atoms with Gasteiger partial charge in [-0.05, 0) is 23.3 Å². The van der Waals surface area contributed by atoms with Gasteiger partial charge < -0.3 is 5.11 Å². The molecule has 1 N–H and O–H groups in total. The first kappa shape index (κ1) is 12.5. The zero-order valence-electron chi connectivity index (χ0n) is 8.46. The monoisotopic (exact) mass is 250 g/mol. The second-order valence-corrected chi connectivity index (χ2v) is 3.25. The molecule has 2 aromatic rings. The van der Waals surface area contributed by atoms with Crippen LogP contribution in [0.5, 0.6) is 0 Å². The smallest absolute Gasteiger partial charge is 0.335 e. The molecule has 0 radical (unpaired) electrons. The van der Waals surface area contributed by atoms with Crippen molar-refractivity contribution in [3.8, 4) is 11.1 Å². The molecule has 2 nitrogen and oxygen atoms in total. The summed E-state index contributed by atoms with van der Waals surface area (Å²) in [5.74, 6) is -0.894. The van der Waals surface area contributed by atoms with Crippen molar-refractivity contribution in [2.75, 3.05) is 0 Å². The zero-order chi connectivity index (χ0) is 10.7. The van der Waals surface area contributed by atoms with E-state index in [2.05, 4.69) is 0 Å². The van der Waals surface area contributed by atoms with E-state index in [1.54, 1.807) is 12.1 Å². The molecule has 0 amide bonds. The fraction of sp³-hybridized carbons (Fsp3) is 0. The molecule has 2 rings (SSSR count). The molecule has 0 aliphatic carbocycles. The maximum absolute atomic E-state index is 10.6. The maximum atomic E-state index is 10.6. The van der Waals surface area contributed by atoms with E-state index in [0.717, 1.165) is 11.1 Å². The second-order valence-electron chi connectivity index (χ2n) is 3.25. The van der Waals surface area contributed by atoms with E-state index in [9.17, 15) is 4.79 Å². The molecule has 3 heteroatoms. The van der Waals surface area contributed by atoms with E-state index in [1.807, 2.05) is 42.5 Å². The largest absolute Gasteiger partial charge is 0.478 e. The number of carboxylic acids is 1. The molecule has 0 saturated heterocycles. The Morgan fingerprint density at radius 2 is 1.31 bits per heavy atom. The molecule has 0 unspecified atom stereocenters. The van der Waals surface area contributed by atoms with Crippen molar-refractivity contribution in [3.05, 3.63) is 60.2 Å². The van der Waals surface area contributed by atoms with Crippen LogP contribution in [-0.4, -0.2) is 11.1 Å². The van der Waals surface area contributed by atoms with Gasteiger partial charge in [0.1, 0.15) is 0 Å². The summed E-state index contributed by atoms with van der Waals surface area (Å²) >= 11 is 0. The van der Waals surface area contributed by atoms with Crippen LogP contribution in [-0.2, 0) is 17.4 Å². The number of carboxylic acid groups (broad SMARTS) is 1. The summed E-state index contributed by atoms with van der Waals surface area (Å²) in [4.78, 5) is 10.6. The fourth-order valence-corrected chi connectivity index (χ4v) is 1.44. The van der Waals surface area contributed by atoms with Crippen LogP contribution < -0.4 is 0 Å². The standard InChI is InChI=1S/C13H10O2.Cr/c14-13(15)12-8-6-11(7-9-12)10-4-2-1-3-5-10;/h1-9H,(H,14,15);. The molecule has 0 aliphatic heterocycles. The molecular formula is C13H10CrO2. The summed E-state index contributed by atoms with van der Waals surface area (Å²) in [5, 5.41) is 8.75. The summed E-state index contributed by atoms with van der Waals surface area (Å²) in [6, 6.07) is 16.7. The summed E-state index contributed by atoms with van der Waals surface area (Å²) in [5.41, 5.74) is 2.43. The number of carbonyl (C=O) groups is 1. The van der Waals surface area contributed by atoms with Crippen molar-refractivity contribution in [3.63, 3.8) is 0 Å². The molecule has 80 valence electrons. The number of rotatable bonds is 2. The summed E-state index contributed by atoms with van der Waals surface area (Å²) < 4.78 is 0. The van der Waals surface area contributed by atoms with Gasteiger partial charge in [0.25, 0.3) is 0 Å². The quantitative estimate of drug-likeness (QED) is 0.889. The van der Waals surface area contributed by atoms with Crippen LogP contribution >= 0.6 is 0 Å². The molecule has 0 fully saturated rings. The van der Waals surface area contributed by atoms with E-state index < -0.39 is 5.97 Å². The Balaban J connectivity index is 0.00000128. The van der Waals surface area contributed by atoms with Gasteiger partial charge in [0.15, 0.2) is 0 Å². The number of hydrogen-bond donors (Lipinski definition) is 1. The van der Waals surface area contributed by atoms with Gasteiger partial charge in [0.2, 0.25) is 0 Å². The minimum atomic E-state index is -0.894. The molecule has 0 aromatic heterocycles. The van der Waals surface area contributed by atoms with Gasteiger partial charge in [-0.3, -0.25) is 0 Å². The molecule has 0 aliphatic rings. The van der Waals surface area contributed by atoms with Gasteiger partial charge in [-0.2, -0.15) is 0 Å². The number of benzene rings is 2. The Morgan fingerprint density at radius 3 is 1.81 bits per heavy atom. The van der Waals surface area contributed by atoms with E-state index in [-0.39, 0.29) is 17.4 Å². The van der Waals surface area contributed by atoms with Gasteiger partial charge in [-0.15, -0.1) is 0 Å². The van der Waals surface area contributed by atoms with Crippen LogP contribution in [0.1, 0.15) is 10.4 Å². The topological polar surface area (TPSA) is 37.3 Å². The van der Waals surface area contributed by atoms with E-state index in [1.165, 1.54) is 0 Å². The number of aromatic carboxylic acids is 1. The molecular weight excluding hydrogens is 240 g/mol. The Labute approximate surface area is 105 Å². The minimum absolute atomic E-state index is 0. The summed E-state index contributed by atoms with van der Waals surface area (Å²) in [6.45, 7) is 0. The van der Waals surface area contributed by atoms with Crippen molar-refractivity contribution in [2.45, 2.75) is 0 Å². The van der Waals surface area contributed by atoms with Gasteiger partial charge >= 0.3 is 5.97 Å². The molecule has 2 aromatic carbocycles. The van der Waals surface area contributed by atoms with Crippen LogP contribution in [0, 0.1) is 0 Å². The van der Waals surface area contributed by atoms with Gasteiger partial charge in [-0.1, -0.05) is 42.5 Å². The first-order valence-electron chi connectivity index (χ1n) is 4.66. The van der Waals surface area contributed by atoms with Crippen molar-refractivity contribution in [1.29, 1.82) is 0 Å². The zero-order valence-corrected chi connectivity index (χ0v) is 9.73. The summed E-state index contributed by atoms with van der Waals surface area (Å²) in [7, 11) is 0. The molecule has 16 heavy (non-hydrogen) atoms. The average Bonchev–Trinajstić information content (AvgIpc) is 2.30. The SMILES string of the molecule is O=C(O)c1ccc(-c2ccccc2)cc1.[Cr]. The van der Waals surface area contributed by atoms with Gasteiger partial charge in [0.05, 0.1) is 5.56 Å². The number of hydrogen-bond acceptors (Lipinski definition) is 1. The van der Waals surface area contributed by atoms with Crippen LogP contribution in [0.25, 0.3) is 11.1 Å². The molecule has 0 saturated carbocycles. The first-order valence-corrected chi connectivity index (χ1v) is 4.66. The molecule has 0 heterocycles. The third-order valence-electron chi connectivity index (χ3n) is 2.24. The van der Waals surface area contributed by atoms with E-state index in [4.69, 9.17) is 5.11 Å². The van der Waals surface area contributed by atoms with Crippen molar-refractivity contribution in [1.82, 2.24) is 0 Å². The van der Waals surface area contributed by atoms with Crippen LogP contribution in [0.2, 0.25) is 0 Å². The first-order chi connectivity index (χ1) is 7.27. The van der Waals surface area contributed by atoms with Crippen molar-refractivity contribution < 1.29 is 27.3 Å². The van der Waals surface area contributed by atoms with Crippen LogP contribution in [0.4, 0.5) is 0 Å². The second kappa shape index (κ2) is 5.51.